The number of nitrogens with zero attached hydrogens (tertiary/aromatic N) is 2. The summed E-state index contributed by atoms with van der Waals surface area (Å²) in [5.74, 6) is 0. The summed E-state index contributed by atoms with van der Waals surface area (Å²) in [4.78, 5) is 0. The lowest BCUT2D eigenvalue weighted by molar-refractivity contribution is 0.192. The molecule has 0 aromatic carbocycles. The smallest absolute Gasteiger partial charge is 0.0346 e. The summed E-state index contributed by atoms with van der Waals surface area (Å²) in [6, 6.07) is 0. The quantitative estimate of drug-likeness (QED) is 0.603. The SMILES string of the molecule is CN1C=CN(C)N1.I. The topological polar surface area (TPSA) is 18.5 Å². The van der Waals surface area contributed by atoms with E-state index in [1.807, 2.05) is 36.5 Å². The Hall–Kier alpha value is 0.0300. The highest BCUT2D eigenvalue weighted by molar-refractivity contribution is 14.0. The van der Waals surface area contributed by atoms with Gasteiger partial charge >= 0.3 is 0 Å². The average Bonchev–Trinajstić information content (AvgIpc) is 1.87. The highest BCUT2D eigenvalue weighted by atomic mass is 127. The van der Waals surface area contributed by atoms with Crippen LogP contribution in [0.3, 0.4) is 0 Å². The van der Waals surface area contributed by atoms with Crippen LogP contribution in [0.4, 0.5) is 0 Å². The number of hydrogen-bond acceptors (Lipinski definition) is 3. The fourth-order valence-electron chi connectivity index (χ4n) is 0.515. The van der Waals surface area contributed by atoms with E-state index in [9.17, 15) is 0 Å². The molecule has 0 aliphatic carbocycles. The van der Waals surface area contributed by atoms with Gasteiger partial charge in [0.15, 0.2) is 0 Å². The summed E-state index contributed by atoms with van der Waals surface area (Å²) in [7, 11) is 3.89. The lowest BCUT2D eigenvalue weighted by Gasteiger charge is -2.12. The van der Waals surface area contributed by atoms with E-state index < -0.39 is 0 Å². The number of rotatable bonds is 0. The first kappa shape index (κ1) is 8.03. The van der Waals surface area contributed by atoms with E-state index in [0.29, 0.717) is 0 Å². The second-order valence-electron chi connectivity index (χ2n) is 1.62. The molecule has 1 N–H and O–H groups in total. The Kier molecular flexibility index (Phi) is 3.15. The molecule has 8 heavy (non-hydrogen) atoms. The van der Waals surface area contributed by atoms with Crippen molar-refractivity contribution in [2.75, 3.05) is 14.1 Å². The first-order chi connectivity index (χ1) is 3.29. The van der Waals surface area contributed by atoms with Crippen molar-refractivity contribution in [3.63, 3.8) is 0 Å². The summed E-state index contributed by atoms with van der Waals surface area (Å²) in [5, 5.41) is 3.75. The van der Waals surface area contributed by atoms with Crippen molar-refractivity contribution in [3.8, 4) is 0 Å². The number of halogens is 1. The normalized spacial score (nSPS) is 16.8. The highest BCUT2D eigenvalue weighted by Crippen LogP contribution is 1.90. The lowest BCUT2D eigenvalue weighted by Crippen LogP contribution is -2.33. The van der Waals surface area contributed by atoms with Gasteiger partial charge in [-0.05, 0) is 0 Å². The molecule has 1 aliphatic rings. The van der Waals surface area contributed by atoms with Crippen LogP contribution >= 0.6 is 24.0 Å². The van der Waals surface area contributed by atoms with Gasteiger partial charge in [0.2, 0.25) is 0 Å². The van der Waals surface area contributed by atoms with Crippen molar-refractivity contribution in [2.45, 2.75) is 0 Å². The molecule has 0 bridgehead atoms. The van der Waals surface area contributed by atoms with Crippen LogP contribution in [0.1, 0.15) is 0 Å². The van der Waals surface area contributed by atoms with Gasteiger partial charge < -0.3 is 0 Å². The van der Waals surface area contributed by atoms with Gasteiger partial charge in [0.25, 0.3) is 0 Å². The molecule has 1 aliphatic heterocycles. The van der Waals surface area contributed by atoms with Crippen LogP contribution in [-0.4, -0.2) is 24.1 Å². The molecule has 4 heteroatoms. The third-order valence-corrected chi connectivity index (χ3v) is 0.829. The first-order valence-corrected chi connectivity index (χ1v) is 2.19. The molecular formula is C4H10IN3. The third kappa shape index (κ3) is 1.87. The Labute approximate surface area is 66.3 Å². The monoisotopic (exact) mass is 227 g/mol. The van der Waals surface area contributed by atoms with Crippen molar-refractivity contribution in [1.29, 1.82) is 0 Å². The van der Waals surface area contributed by atoms with Gasteiger partial charge in [0.1, 0.15) is 0 Å². The number of nitrogens with one attached hydrogen (secondary N) is 1. The maximum atomic E-state index is 2.97. The van der Waals surface area contributed by atoms with E-state index in [0.717, 1.165) is 0 Å². The molecule has 0 radical (unpaired) electrons. The van der Waals surface area contributed by atoms with Crippen molar-refractivity contribution in [2.24, 2.45) is 0 Å². The second-order valence-corrected chi connectivity index (χ2v) is 1.62. The van der Waals surface area contributed by atoms with Crippen LogP contribution in [0.15, 0.2) is 12.4 Å². The zero-order valence-electron chi connectivity index (χ0n) is 4.96. The molecule has 0 aromatic rings. The molecule has 48 valence electrons. The summed E-state index contributed by atoms with van der Waals surface area (Å²) in [6.07, 6.45) is 3.89. The van der Waals surface area contributed by atoms with E-state index in [2.05, 4.69) is 5.53 Å². The number of hydrazine groups is 2. The van der Waals surface area contributed by atoms with Crippen molar-refractivity contribution < 1.29 is 0 Å². The molecule has 1 rings (SSSR count). The largest absolute Gasteiger partial charge is 0.300 e. The van der Waals surface area contributed by atoms with E-state index in [1.165, 1.54) is 0 Å². The van der Waals surface area contributed by atoms with Gasteiger partial charge in [-0.1, -0.05) is 0 Å². The Bertz CT molecular complexity index is 83.3. The lowest BCUT2D eigenvalue weighted by atomic mass is 10.9. The van der Waals surface area contributed by atoms with Crippen LogP contribution in [0.5, 0.6) is 0 Å². The van der Waals surface area contributed by atoms with Crippen LogP contribution in [-0.2, 0) is 0 Å². The molecule has 0 atom stereocenters. The standard InChI is InChI=1S/C4H9N3.HI/c1-6-3-4-7(2)5-6;/h3-5H,1-2H3;1H. The van der Waals surface area contributed by atoms with Gasteiger partial charge in [-0.15, -0.1) is 29.5 Å². The van der Waals surface area contributed by atoms with Gasteiger partial charge in [0, 0.05) is 26.5 Å². The van der Waals surface area contributed by atoms with Crippen LogP contribution in [0, 0.1) is 0 Å². The minimum Gasteiger partial charge on any atom is -0.300 e. The zero-order valence-corrected chi connectivity index (χ0v) is 7.29. The number of hydrogen-bond donors (Lipinski definition) is 1. The molecule has 0 saturated heterocycles. The molecule has 0 amide bonds. The van der Waals surface area contributed by atoms with Crippen LogP contribution in [0.25, 0.3) is 0 Å². The van der Waals surface area contributed by atoms with E-state index in [1.54, 1.807) is 0 Å². The maximum Gasteiger partial charge on any atom is 0.0346 e. The molecule has 0 fully saturated rings. The summed E-state index contributed by atoms with van der Waals surface area (Å²) < 4.78 is 0. The van der Waals surface area contributed by atoms with E-state index in [4.69, 9.17) is 0 Å². The maximum absolute atomic E-state index is 2.97. The second kappa shape index (κ2) is 3.13. The van der Waals surface area contributed by atoms with Gasteiger partial charge in [-0.2, -0.15) is 0 Å². The predicted octanol–water partition coefficient (Wildman–Crippen LogP) is 0.372. The Balaban J connectivity index is 0.000000490. The fraction of sp³-hybridized carbons (Fsp3) is 0.500. The van der Waals surface area contributed by atoms with Crippen molar-refractivity contribution in [1.82, 2.24) is 15.6 Å². The van der Waals surface area contributed by atoms with Crippen molar-refractivity contribution in [3.05, 3.63) is 12.4 Å². The summed E-state index contributed by atoms with van der Waals surface area (Å²) in [5.41, 5.74) is 2.97. The highest BCUT2D eigenvalue weighted by Gasteiger charge is 1.97. The summed E-state index contributed by atoms with van der Waals surface area (Å²) >= 11 is 0. The molecule has 0 spiro atoms. The summed E-state index contributed by atoms with van der Waals surface area (Å²) in [6.45, 7) is 0. The molecule has 0 saturated carbocycles. The Morgan fingerprint density at radius 3 is 1.62 bits per heavy atom. The van der Waals surface area contributed by atoms with Crippen molar-refractivity contribution >= 4 is 24.0 Å². The Morgan fingerprint density at radius 2 is 1.50 bits per heavy atom. The average molecular weight is 227 g/mol. The van der Waals surface area contributed by atoms with Crippen LogP contribution < -0.4 is 5.53 Å². The minimum absolute atomic E-state index is 0. The molecular weight excluding hydrogens is 217 g/mol. The third-order valence-electron chi connectivity index (χ3n) is 0.829. The first-order valence-electron chi connectivity index (χ1n) is 2.19. The molecule has 1 heterocycles. The zero-order chi connectivity index (χ0) is 5.28. The van der Waals surface area contributed by atoms with Gasteiger partial charge in [0.05, 0.1) is 0 Å². The van der Waals surface area contributed by atoms with Gasteiger partial charge in [-0.25, -0.2) is 0 Å². The van der Waals surface area contributed by atoms with Crippen LogP contribution in [0.2, 0.25) is 0 Å². The predicted molar refractivity (Wildman–Crippen MR) is 43.2 cm³/mol. The molecule has 0 unspecified atom stereocenters. The minimum atomic E-state index is 0. The van der Waals surface area contributed by atoms with E-state index >= 15 is 0 Å². The van der Waals surface area contributed by atoms with Gasteiger partial charge in [-0.3, -0.25) is 10.0 Å². The Morgan fingerprint density at radius 1 is 1.12 bits per heavy atom. The fourth-order valence-corrected chi connectivity index (χ4v) is 0.515. The molecule has 0 aromatic heterocycles. The van der Waals surface area contributed by atoms with E-state index in [-0.39, 0.29) is 24.0 Å². The molecule has 3 nitrogen and oxygen atoms in total.